The predicted molar refractivity (Wildman–Crippen MR) is 78.4 cm³/mol. The van der Waals surface area contributed by atoms with Crippen molar-refractivity contribution in [3.63, 3.8) is 0 Å². The van der Waals surface area contributed by atoms with Gasteiger partial charge >= 0.3 is 0 Å². The Balaban J connectivity index is 1.83. The normalized spacial score (nSPS) is 16.4. The smallest absolute Gasteiger partial charge is 0.271 e. The maximum atomic E-state index is 11.9. The number of likely N-dealkylation sites (tertiary alicyclic amines) is 1. The summed E-state index contributed by atoms with van der Waals surface area (Å²) in [7, 11) is 0. The van der Waals surface area contributed by atoms with Gasteiger partial charge in [0.15, 0.2) is 5.13 Å². The monoisotopic (exact) mass is 296 g/mol. The molecule has 7 heteroatoms. The van der Waals surface area contributed by atoms with Gasteiger partial charge in [0.25, 0.3) is 5.91 Å². The number of nitrogens with one attached hydrogen (secondary N) is 1. The number of carbonyl (C=O) groups excluding carboxylic acids is 2. The van der Waals surface area contributed by atoms with E-state index < -0.39 is 0 Å². The van der Waals surface area contributed by atoms with Crippen LogP contribution >= 0.6 is 11.3 Å². The molecule has 3 N–H and O–H groups in total. The minimum Gasteiger partial charge on any atom is -0.375 e. The summed E-state index contributed by atoms with van der Waals surface area (Å²) in [5.41, 5.74) is 5.88. The Morgan fingerprint density at radius 1 is 1.45 bits per heavy atom. The highest BCUT2D eigenvalue weighted by Gasteiger charge is 2.25. The van der Waals surface area contributed by atoms with Crippen LogP contribution < -0.4 is 11.1 Å². The second-order valence-electron chi connectivity index (χ2n) is 5.30. The molecule has 2 heterocycles. The number of carbonyl (C=O) groups is 2. The van der Waals surface area contributed by atoms with E-state index in [1.807, 2.05) is 18.7 Å². The van der Waals surface area contributed by atoms with Crippen LogP contribution in [0.15, 0.2) is 5.38 Å². The van der Waals surface area contributed by atoms with E-state index in [4.69, 9.17) is 5.73 Å². The van der Waals surface area contributed by atoms with Gasteiger partial charge in [0.1, 0.15) is 5.69 Å². The van der Waals surface area contributed by atoms with E-state index in [-0.39, 0.29) is 23.8 Å². The number of rotatable bonds is 3. The highest BCUT2D eigenvalue weighted by atomic mass is 32.1. The van der Waals surface area contributed by atoms with Gasteiger partial charge in [-0.05, 0) is 12.8 Å². The summed E-state index contributed by atoms with van der Waals surface area (Å²) in [5, 5.41) is 5.00. The third kappa shape index (κ3) is 3.47. The molecule has 0 atom stereocenters. The topological polar surface area (TPSA) is 88.3 Å². The summed E-state index contributed by atoms with van der Waals surface area (Å²) >= 11 is 1.26. The molecule has 0 aromatic carbocycles. The van der Waals surface area contributed by atoms with Crippen LogP contribution in [0.2, 0.25) is 0 Å². The van der Waals surface area contributed by atoms with Gasteiger partial charge in [-0.15, -0.1) is 11.3 Å². The number of thiazole rings is 1. The quantitative estimate of drug-likeness (QED) is 0.874. The highest BCUT2D eigenvalue weighted by Crippen LogP contribution is 2.15. The lowest BCUT2D eigenvalue weighted by atomic mass is 10.0. The first-order valence-corrected chi connectivity index (χ1v) is 7.66. The third-order valence-electron chi connectivity index (χ3n) is 3.39. The molecule has 0 saturated carbocycles. The minimum atomic E-state index is -0.188. The standard InChI is InChI=1S/C13H20N4O2S/c1-8(2)12(19)17-5-3-9(4-6-17)15-11(18)10-7-20-13(14)16-10/h7-9H,3-6H2,1-2H3,(H2,14,16)(H,15,18). The first-order valence-electron chi connectivity index (χ1n) is 6.78. The van der Waals surface area contributed by atoms with Crippen molar-refractivity contribution in [2.45, 2.75) is 32.7 Å². The van der Waals surface area contributed by atoms with Gasteiger partial charge in [0, 0.05) is 30.4 Å². The molecule has 1 aliphatic rings. The van der Waals surface area contributed by atoms with Gasteiger partial charge in [0.05, 0.1) is 0 Å². The lowest BCUT2D eigenvalue weighted by Gasteiger charge is -2.33. The molecular weight excluding hydrogens is 276 g/mol. The Labute approximate surface area is 122 Å². The first kappa shape index (κ1) is 14.8. The number of anilines is 1. The van der Waals surface area contributed by atoms with Gasteiger partial charge in [-0.2, -0.15) is 0 Å². The molecule has 0 radical (unpaired) electrons. The fourth-order valence-corrected chi connectivity index (χ4v) is 2.80. The van der Waals surface area contributed by atoms with Gasteiger partial charge in [0.2, 0.25) is 5.91 Å². The summed E-state index contributed by atoms with van der Waals surface area (Å²) < 4.78 is 0. The number of hydrogen-bond acceptors (Lipinski definition) is 5. The highest BCUT2D eigenvalue weighted by molar-refractivity contribution is 7.13. The van der Waals surface area contributed by atoms with Crippen molar-refractivity contribution in [3.8, 4) is 0 Å². The van der Waals surface area contributed by atoms with Crippen molar-refractivity contribution in [3.05, 3.63) is 11.1 Å². The summed E-state index contributed by atoms with van der Waals surface area (Å²) in [6.07, 6.45) is 1.56. The Bertz CT molecular complexity index is 492. The van der Waals surface area contributed by atoms with E-state index in [2.05, 4.69) is 10.3 Å². The molecule has 1 saturated heterocycles. The van der Waals surface area contributed by atoms with Crippen molar-refractivity contribution in [2.75, 3.05) is 18.8 Å². The molecule has 0 unspecified atom stereocenters. The number of nitrogen functional groups attached to an aromatic ring is 1. The Morgan fingerprint density at radius 3 is 2.60 bits per heavy atom. The van der Waals surface area contributed by atoms with E-state index in [1.165, 1.54) is 11.3 Å². The average Bonchev–Trinajstić information content (AvgIpc) is 2.85. The van der Waals surface area contributed by atoms with Crippen molar-refractivity contribution in [2.24, 2.45) is 5.92 Å². The number of piperidine rings is 1. The molecule has 0 aliphatic carbocycles. The van der Waals surface area contributed by atoms with Crippen molar-refractivity contribution in [1.82, 2.24) is 15.2 Å². The lowest BCUT2D eigenvalue weighted by molar-refractivity contribution is -0.135. The van der Waals surface area contributed by atoms with Gasteiger partial charge in [-0.3, -0.25) is 9.59 Å². The van der Waals surface area contributed by atoms with Crippen molar-refractivity contribution in [1.29, 1.82) is 0 Å². The van der Waals surface area contributed by atoms with E-state index in [9.17, 15) is 9.59 Å². The number of nitrogens with two attached hydrogens (primary N) is 1. The van der Waals surface area contributed by atoms with E-state index >= 15 is 0 Å². The molecule has 110 valence electrons. The van der Waals surface area contributed by atoms with Crippen LogP contribution in [0, 0.1) is 5.92 Å². The third-order valence-corrected chi connectivity index (χ3v) is 4.06. The van der Waals surface area contributed by atoms with E-state index in [1.54, 1.807) is 5.38 Å². The van der Waals surface area contributed by atoms with E-state index in [0.29, 0.717) is 23.9 Å². The van der Waals surface area contributed by atoms with Crippen LogP contribution in [-0.2, 0) is 4.79 Å². The fourth-order valence-electron chi connectivity index (χ4n) is 2.26. The minimum absolute atomic E-state index is 0.0270. The van der Waals surface area contributed by atoms with Crippen molar-refractivity contribution >= 4 is 28.3 Å². The second-order valence-corrected chi connectivity index (χ2v) is 6.19. The molecule has 0 bridgehead atoms. The Hall–Kier alpha value is -1.63. The zero-order chi connectivity index (χ0) is 14.7. The molecule has 2 amide bonds. The summed E-state index contributed by atoms with van der Waals surface area (Å²) in [6, 6.07) is 0.0987. The number of hydrogen-bond donors (Lipinski definition) is 2. The molecule has 6 nitrogen and oxygen atoms in total. The van der Waals surface area contributed by atoms with Gasteiger partial charge in [-0.1, -0.05) is 13.8 Å². The largest absolute Gasteiger partial charge is 0.375 e. The predicted octanol–water partition coefficient (Wildman–Crippen LogP) is 1.10. The summed E-state index contributed by atoms with van der Waals surface area (Å²) in [6.45, 7) is 5.20. The fraction of sp³-hybridized carbons (Fsp3) is 0.615. The van der Waals surface area contributed by atoms with Crippen LogP contribution in [0.25, 0.3) is 0 Å². The van der Waals surface area contributed by atoms with Gasteiger partial charge < -0.3 is 16.0 Å². The van der Waals surface area contributed by atoms with Crippen molar-refractivity contribution < 1.29 is 9.59 Å². The maximum absolute atomic E-state index is 11.9. The number of amides is 2. The zero-order valence-electron chi connectivity index (χ0n) is 11.8. The molecule has 1 aromatic heterocycles. The van der Waals surface area contributed by atoms with Crippen LogP contribution in [0.5, 0.6) is 0 Å². The Kier molecular flexibility index (Phi) is 4.59. The molecule has 1 aromatic rings. The summed E-state index contributed by atoms with van der Waals surface area (Å²) in [5.74, 6) is 0.0211. The molecule has 1 aliphatic heterocycles. The molecule has 2 rings (SSSR count). The number of nitrogens with zero attached hydrogens (tertiary/aromatic N) is 2. The zero-order valence-corrected chi connectivity index (χ0v) is 12.6. The lowest BCUT2D eigenvalue weighted by Crippen LogP contribution is -2.47. The number of aromatic nitrogens is 1. The molecule has 1 fully saturated rings. The van der Waals surface area contributed by atoms with Crippen LogP contribution in [0.4, 0.5) is 5.13 Å². The van der Waals surface area contributed by atoms with Crippen LogP contribution in [0.3, 0.4) is 0 Å². The second kappa shape index (κ2) is 6.21. The maximum Gasteiger partial charge on any atom is 0.271 e. The first-order chi connectivity index (χ1) is 9.47. The summed E-state index contributed by atoms with van der Waals surface area (Å²) in [4.78, 5) is 29.6. The molecular formula is C13H20N4O2S. The van der Waals surface area contributed by atoms with Crippen LogP contribution in [-0.4, -0.2) is 40.8 Å². The Morgan fingerprint density at radius 2 is 2.10 bits per heavy atom. The SMILES string of the molecule is CC(C)C(=O)N1CCC(NC(=O)c2csc(N)n2)CC1. The van der Waals surface area contributed by atoms with Crippen LogP contribution in [0.1, 0.15) is 37.2 Å². The van der Waals surface area contributed by atoms with Gasteiger partial charge in [-0.25, -0.2) is 4.98 Å². The molecule has 0 spiro atoms. The average molecular weight is 296 g/mol. The van der Waals surface area contributed by atoms with E-state index in [0.717, 1.165) is 12.8 Å². The molecule has 20 heavy (non-hydrogen) atoms.